The summed E-state index contributed by atoms with van der Waals surface area (Å²) in [5, 5.41) is 8.68. The summed E-state index contributed by atoms with van der Waals surface area (Å²) in [7, 11) is -1.61. The molecule has 1 saturated heterocycles. The molecule has 6 nitrogen and oxygen atoms in total. The maximum absolute atomic E-state index is 12.3. The lowest BCUT2D eigenvalue weighted by Crippen LogP contribution is -2.36. The largest absolute Gasteiger partial charge is 0.395 e. The lowest BCUT2D eigenvalue weighted by Gasteiger charge is -2.13. The first-order chi connectivity index (χ1) is 10.0. The van der Waals surface area contributed by atoms with Gasteiger partial charge in [-0.1, -0.05) is 11.8 Å². The van der Waals surface area contributed by atoms with E-state index in [1.165, 1.54) is 18.5 Å². The predicted molar refractivity (Wildman–Crippen MR) is 79.0 cm³/mol. The number of hydrogen-bond donors (Lipinski definition) is 2. The van der Waals surface area contributed by atoms with Crippen LogP contribution < -0.4 is 4.72 Å². The monoisotopic (exact) mass is 309 g/mol. The Bertz CT molecular complexity index is 649. The van der Waals surface area contributed by atoms with Crippen molar-refractivity contribution in [2.75, 3.05) is 26.7 Å². The molecule has 1 aliphatic rings. The molecule has 1 aromatic rings. The zero-order valence-electron chi connectivity index (χ0n) is 11.9. The van der Waals surface area contributed by atoms with E-state index in [4.69, 9.17) is 5.11 Å². The van der Waals surface area contributed by atoms with Crippen molar-refractivity contribution in [3.8, 4) is 11.8 Å². The van der Waals surface area contributed by atoms with Crippen LogP contribution in [-0.4, -0.2) is 56.2 Å². The van der Waals surface area contributed by atoms with Gasteiger partial charge in [-0.25, -0.2) is 13.1 Å². The van der Waals surface area contributed by atoms with Gasteiger partial charge in [0.05, 0.1) is 6.61 Å². The van der Waals surface area contributed by atoms with Crippen molar-refractivity contribution in [3.63, 3.8) is 0 Å². The van der Waals surface area contributed by atoms with Crippen LogP contribution in [0.15, 0.2) is 23.4 Å². The first-order valence-electron chi connectivity index (χ1n) is 6.77. The topological polar surface area (TPSA) is 82.5 Å². The lowest BCUT2D eigenvalue weighted by molar-refractivity contribution is 0.305. The fourth-order valence-electron chi connectivity index (χ4n) is 2.17. The van der Waals surface area contributed by atoms with E-state index in [1.807, 2.05) is 7.05 Å². The molecule has 0 aromatic carbocycles. The van der Waals surface area contributed by atoms with Crippen LogP contribution in [0.1, 0.15) is 18.4 Å². The Labute approximate surface area is 125 Å². The summed E-state index contributed by atoms with van der Waals surface area (Å²) >= 11 is 0. The van der Waals surface area contributed by atoms with Crippen LogP contribution >= 0.6 is 0 Å². The second kappa shape index (κ2) is 7.00. The summed E-state index contributed by atoms with van der Waals surface area (Å²) in [5.74, 6) is 5.53. The van der Waals surface area contributed by atoms with E-state index < -0.39 is 10.0 Å². The third-order valence-electron chi connectivity index (χ3n) is 3.21. The minimum atomic E-state index is -3.58. The van der Waals surface area contributed by atoms with Gasteiger partial charge in [0.1, 0.15) is 4.90 Å². The zero-order valence-corrected chi connectivity index (χ0v) is 12.7. The highest BCUT2D eigenvalue weighted by molar-refractivity contribution is 7.89. The second-order valence-corrected chi connectivity index (χ2v) is 6.77. The average molecular weight is 309 g/mol. The second-order valence-electron chi connectivity index (χ2n) is 5.05. The van der Waals surface area contributed by atoms with Crippen molar-refractivity contribution >= 4 is 10.0 Å². The Morgan fingerprint density at radius 3 is 3.00 bits per heavy atom. The predicted octanol–water partition coefficient (Wildman–Crippen LogP) is -0.202. The van der Waals surface area contributed by atoms with Gasteiger partial charge >= 0.3 is 0 Å². The smallest absolute Gasteiger partial charge is 0.242 e. The van der Waals surface area contributed by atoms with Gasteiger partial charge in [-0.2, -0.15) is 0 Å². The van der Waals surface area contributed by atoms with Crippen LogP contribution in [-0.2, 0) is 10.0 Å². The first-order valence-corrected chi connectivity index (χ1v) is 8.25. The number of aliphatic hydroxyl groups excluding tert-OH is 1. The fraction of sp³-hybridized carbons (Fsp3) is 0.500. The molecule has 1 atom stereocenters. The minimum absolute atomic E-state index is 0.0187. The van der Waals surface area contributed by atoms with Crippen LogP contribution in [0.3, 0.4) is 0 Å². The van der Waals surface area contributed by atoms with E-state index in [9.17, 15) is 8.42 Å². The summed E-state index contributed by atoms with van der Waals surface area (Å²) in [6, 6.07) is 1.43. The molecule has 7 heteroatoms. The van der Waals surface area contributed by atoms with Gasteiger partial charge in [0.15, 0.2) is 0 Å². The van der Waals surface area contributed by atoms with Gasteiger partial charge in [-0.3, -0.25) is 4.98 Å². The highest BCUT2D eigenvalue weighted by atomic mass is 32.2. The molecule has 1 aromatic heterocycles. The van der Waals surface area contributed by atoms with Gasteiger partial charge in [-0.15, -0.1) is 0 Å². The number of sulfonamides is 1. The van der Waals surface area contributed by atoms with Crippen molar-refractivity contribution in [2.24, 2.45) is 0 Å². The van der Waals surface area contributed by atoms with Crippen molar-refractivity contribution in [3.05, 3.63) is 24.0 Å². The van der Waals surface area contributed by atoms with Crippen LogP contribution in [0.2, 0.25) is 0 Å². The molecule has 0 radical (unpaired) electrons. The molecule has 1 unspecified atom stereocenters. The molecular weight excluding hydrogens is 290 g/mol. The van der Waals surface area contributed by atoms with Gasteiger partial charge in [0, 0.05) is 37.0 Å². The number of nitrogens with one attached hydrogen (secondary N) is 1. The Hall–Kier alpha value is -1.46. The van der Waals surface area contributed by atoms with Gasteiger partial charge in [-0.05, 0) is 26.1 Å². The number of hydrogen-bond acceptors (Lipinski definition) is 5. The average Bonchev–Trinajstić information content (AvgIpc) is 2.84. The van der Waals surface area contributed by atoms with E-state index in [0.29, 0.717) is 18.5 Å². The molecule has 1 fully saturated rings. The highest BCUT2D eigenvalue weighted by Gasteiger charge is 2.25. The van der Waals surface area contributed by atoms with Crippen molar-refractivity contribution in [1.29, 1.82) is 0 Å². The van der Waals surface area contributed by atoms with Crippen LogP contribution in [0.25, 0.3) is 0 Å². The quantitative estimate of drug-likeness (QED) is 0.753. The fourth-order valence-corrected chi connectivity index (χ4v) is 3.42. The van der Waals surface area contributed by atoms with Crippen molar-refractivity contribution in [2.45, 2.75) is 23.8 Å². The van der Waals surface area contributed by atoms with E-state index in [0.717, 1.165) is 13.0 Å². The zero-order chi connectivity index (χ0) is 15.3. The molecule has 21 heavy (non-hydrogen) atoms. The molecular formula is C14H19N3O3S. The maximum atomic E-state index is 12.3. The SMILES string of the molecule is CN1CCC(NS(=O)(=O)c2cncc(C#CCCO)c2)C1. The van der Waals surface area contributed by atoms with Crippen molar-refractivity contribution in [1.82, 2.24) is 14.6 Å². The summed E-state index contributed by atoms with van der Waals surface area (Å²) in [6.45, 7) is 1.58. The third kappa shape index (κ3) is 4.51. The number of aliphatic hydroxyl groups is 1. The Morgan fingerprint density at radius 1 is 1.52 bits per heavy atom. The number of pyridine rings is 1. The maximum Gasteiger partial charge on any atom is 0.242 e. The molecule has 2 N–H and O–H groups in total. The van der Waals surface area contributed by atoms with Crippen molar-refractivity contribution < 1.29 is 13.5 Å². The molecule has 0 aliphatic carbocycles. The normalized spacial score (nSPS) is 19.2. The van der Waals surface area contributed by atoms with Crippen LogP contribution in [0.5, 0.6) is 0 Å². The number of rotatable bonds is 4. The Kier molecular flexibility index (Phi) is 5.31. The minimum Gasteiger partial charge on any atom is -0.395 e. The van der Waals surface area contributed by atoms with Gasteiger partial charge in [0.2, 0.25) is 10.0 Å². The summed E-state index contributed by atoms with van der Waals surface area (Å²) in [6.07, 6.45) is 3.98. The summed E-state index contributed by atoms with van der Waals surface area (Å²) in [5.41, 5.74) is 0.523. The molecule has 0 spiro atoms. The van der Waals surface area contributed by atoms with Gasteiger partial charge in [0.25, 0.3) is 0 Å². The standard InChI is InChI=1S/C14H19N3O3S/c1-17-6-5-13(11-17)16-21(19,20)14-8-12(9-15-10-14)4-2-3-7-18/h8-10,13,16,18H,3,5-7,11H2,1H3. The molecule has 2 heterocycles. The number of likely N-dealkylation sites (N-methyl/N-ethyl adjacent to an activating group) is 1. The summed E-state index contributed by atoms with van der Waals surface area (Å²) in [4.78, 5) is 6.13. The van der Waals surface area contributed by atoms with Crippen LogP contribution in [0, 0.1) is 11.8 Å². The van der Waals surface area contributed by atoms with Crippen LogP contribution in [0.4, 0.5) is 0 Å². The molecule has 0 bridgehead atoms. The van der Waals surface area contributed by atoms with E-state index in [2.05, 4.69) is 26.4 Å². The van der Waals surface area contributed by atoms with E-state index in [1.54, 1.807) is 0 Å². The third-order valence-corrected chi connectivity index (χ3v) is 4.69. The number of aromatic nitrogens is 1. The summed E-state index contributed by atoms with van der Waals surface area (Å²) < 4.78 is 27.3. The molecule has 1 aliphatic heterocycles. The number of likely N-dealkylation sites (tertiary alicyclic amines) is 1. The van der Waals surface area contributed by atoms with E-state index >= 15 is 0 Å². The molecule has 2 rings (SSSR count). The van der Waals surface area contributed by atoms with E-state index in [-0.39, 0.29) is 17.5 Å². The Balaban J connectivity index is 2.13. The highest BCUT2D eigenvalue weighted by Crippen LogP contribution is 2.13. The number of nitrogens with zero attached hydrogens (tertiary/aromatic N) is 2. The lowest BCUT2D eigenvalue weighted by atomic mass is 10.3. The molecule has 0 amide bonds. The Morgan fingerprint density at radius 2 is 2.33 bits per heavy atom. The molecule has 114 valence electrons. The molecule has 0 saturated carbocycles. The van der Waals surface area contributed by atoms with Gasteiger partial charge < -0.3 is 10.0 Å². The first kappa shape index (κ1) is 15.9.